The van der Waals surface area contributed by atoms with Gasteiger partial charge in [0.1, 0.15) is 35.9 Å². The van der Waals surface area contributed by atoms with E-state index in [0.29, 0.717) is 24.3 Å². The SMILES string of the molecule is Nc1ncnc2c1ccn2C1CCC(C(O)c2ccccc2F)O1. The maximum Gasteiger partial charge on any atom is 0.147 e. The van der Waals surface area contributed by atoms with Crippen LogP contribution in [0.5, 0.6) is 0 Å². The molecule has 0 aliphatic carbocycles. The number of anilines is 1. The molecule has 0 radical (unpaired) electrons. The number of aliphatic hydroxyl groups is 1. The average Bonchev–Trinajstić information content (AvgIpc) is 3.22. The summed E-state index contributed by atoms with van der Waals surface area (Å²) in [6.45, 7) is 0. The number of benzene rings is 1. The molecule has 1 aromatic carbocycles. The van der Waals surface area contributed by atoms with Crippen LogP contribution in [0.1, 0.15) is 30.7 Å². The van der Waals surface area contributed by atoms with E-state index in [4.69, 9.17) is 10.5 Å². The predicted molar refractivity (Wildman–Crippen MR) is 86.4 cm³/mol. The number of hydrogen-bond acceptors (Lipinski definition) is 5. The summed E-state index contributed by atoms with van der Waals surface area (Å²) < 4.78 is 21.7. The van der Waals surface area contributed by atoms with Gasteiger partial charge < -0.3 is 20.1 Å². The number of ether oxygens (including phenoxy) is 1. The Morgan fingerprint density at radius 2 is 2.08 bits per heavy atom. The fourth-order valence-electron chi connectivity index (χ4n) is 3.22. The number of hydrogen-bond donors (Lipinski definition) is 2. The van der Waals surface area contributed by atoms with Crippen LogP contribution in [0.3, 0.4) is 0 Å². The Bertz CT molecular complexity index is 882. The van der Waals surface area contributed by atoms with Crippen molar-refractivity contribution in [3.8, 4) is 0 Å². The Morgan fingerprint density at radius 1 is 1.25 bits per heavy atom. The zero-order valence-corrected chi connectivity index (χ0v) is 12.8. The lowest BCUT2D eigenvalue weighted by Crippen LogP contribution is -2.20. The molecular formula is C17H17FN4O2. The van der Waals surface area contributed by atoms with Crippen LogP contribution < -0.4 is 5.73 Å². The van der Waals surface area contributed by atoms with Crippen LogP contribution in [0.4, 0.5) is 10.2 Å². The number of aliphatic hydroxyl groups excluding tert-OH is 1. The second-order valence-corrected chi connectivity index (χ2v) is 5.89. The number of halogens is 1. The molecule has 4 rings (SSSR count). The fraction of sp³-hybridized carbons (Fsp3) is 0.294. The highest BCUT2D eigenvalue weighted by Gasteiger charge is 2.34. The van der Waals surface area contributed by atoms with Gasteiger partial charge in [0.2, 0.25) is 0 Å². The van der Waals surface area contributed by atoms with Crippen LogP contribution in [-0.4, -0.2) is 25.7 Å². The molecular weight excluding hydrogens is 311 g/mol. The summed E-state index contributed by atoms with van der Waals surface area (Å²) in [5, 5.41) is 11.2. The lowest BCUT2D eigenvalue weighted by Gasteiger charge is -2.20. The third kappa shape index (κ3) is 2.42. The summed E-state index contributed by atoms with van der Waals surface area (Å²) >= 11 is 0. The van der Waals surface area contributed by atoms with Crippen molar-refractivity contribution in [2.24, 2.45) is 0 Å². The van der Waals surface area contributed by atoms with Crippen molar-refractivity contribution in [1.29, 1.82) is 0 Å². The summed E-state index contributed by atoms with van der Waals surface area (Å²) in [5.74, 6) is -0.0105. The molecule has 0 spiro atoms. The van der Waals surface area contributed by atoms with Gasteiger partial charge >= 0.3 is 0 Å². The molecule has 24 heavy (non-hydrogen) atoms. The molecule has 0 bridgehead atoms. The van der Waals surface area contributed by atoms with E-state index < -0.39 is 18.0 Å². The van der Waals surface area contributed by atoms with Crippen molar-refractivity contribution in [3.05, 3.63) is 54.2 Å². The number of nitrogen functional groups attached to an aromatic ring is 1. The first-order valence-corrected chi connectivity index (χ1v) is 7.80. The monoisotopic (exact) mass is 328 g/mol. The van der Waals surface area contributed by atoms with Gasteiger partial charge in [0.05, 0.1) is 11.5 Å². The molecule has 3 N–H and O–H groups in total. The van der Waals surface area contributed by atoms with Gasteiger partial charge in [-0.1, -0.05) is 18.2 Å². The average molecular weight is 328 g/mol. The van der Waals surface area contributed by atoms with E-state index in [1.54, 1.807) is 18.2 Å². The minimum absolute atomic E-state index is 0.257. The maximum atomic E-state index is 13.9. The zero-order valence-electron chi connectivity index (χ0n) is 12.8. The molecule has 124 valence electrons. The number of aromatic nitrogens is 3. The van der Waals surface area contributed by atoms with Gasteiger partial charge in [-0.3, -0.25) is 0 Å². The van der Waals surface area contributed by atoms with Gasteiger partial charge in [0.15, 0.2) is 0 Å². The Labute approximate surface area is 137 Å². The summed E-state index contributed by atoms with van der Waals surface area (Å²) in [5.41, 5.74) is 6.79. The van der Waals surface area contributed by atoms with Gasteiger partial charge in [-0.05, 0) is 25.0 Å². The molecule has 3 aromatic rings. The number of nitrogens with zero attached hydrogens (tertiary/aromatic N) is 3. The van der Waals surface area contributed by atoms with Crippen LogP contribution >= 0.6 is 0 Å². The van der Waals surface area contributed by atoms with Crippen molar-refractivity contribution in [2.75, 3.05) is 5.73 Å². The summed E-state index contributed by atoms with van der Waals surface area (Å²) in [4.78, 5) is 8.23. The van der Waals surface area contributed by atoms with Gasteiger partial charge in [0.25, 0.3) is 0 Å². The van der Waals surface area contributed by atoms with E-state index in [0.717, 1.165) is 5.39 Å². The molecule has 1 saturated heterocycles. The highest BCUT2D eigenvalue weighted by atomic mass is 19.1. The third-order valence-corrected chi connectivity index (χ3v) is 4.46. The van der Waals surface area contributed by atoms with E-state index in [1.165, 1.54) is 12.4 Å². The number of rotatable bonds is 3. The molecule has 1 aliphatic rings. The Hall–Kier alpha value is -2.51. The van der Waals surface area contributed by atoms with Crippen molar-refractivity contribution >= 4 is 16.9 Å². The number of fused-ring (bicyclic) bond motifs is 1. The predicted octanol–water partition coefficient (Wildman–Crippen LogP) is 2.56. The topological polar surface area (TPSA) is 86.2 Å². The molecule has 1 aliphatic heterocycles. The summed E-state index contributed by atoms with van der Waals surface area (Å²) in [6, 6.07) is 8.06. The van der Waals surface area contributed by atoms with Crippen LogP contribution in [0, 0.1) is 5.82 Å². The van der Waals surface area contributed by atoms with E-state index in [1.807, 2.05) is 16.8 Å². The van der Waals surface area contributed by atoms with E-state index in [-0.39, 0.29) is 11.8 Å². The highest BCUT2D eigenvalue weighted by Crippen LogP contribution is 2.37. The first kappa shape index (κ1) is 15.0. The van der Waals surface area contributed by atoms with Crippen LogP contribution in [0.2, 0.25) is 0 Å². The molecule has 3 unspecified atom stereocenters. The van der Waals surface area contributed by atoms with Crippen LogP contribution in [-0.2, 0) is 4.74 Å². The smallest absolute Gasteiger partial charge is 0.147 e. The van der Waals surface area contributed by atoms with Gasteiger partial charge in [0, 0.05) is 11.8 Å². The summed E-state index contributed by atoms with van der Waals surface area (Å²) in [7, 11) is 0. The summed E-state index contributed by atoms with van der Waals surface area (Å²) in [6.07, 6.45) is 2.83. The molecule has 0 amide bonds. The molecule has 3 atom stereocenters. The maximum absolute atomic E-state index is 13.9. The minimum atomic E-state index is -1.00. The first-order chi connectivity index (χ1) is 11.6. The van der Waals surface area contributed by atoms with Crippen molar-refractivity contribution in [1.82, 2.24) is 14.5 Å². The lowest BCUT2D eigenvalue weighted by molar-refractivity contribution is -0.0600. The van der Waals surface area contributed by atoms with Gasteiger partial charge in [-0.2, -0.15) is 0 Å². The molecule has 6 nitrogen and oxygen atoms in total. The Morgan fingerprint density at radius 3 is 2.92 bits per heavy atom. The normalized spacial score (nSPS) is 22.1. The standard InChI is InChI=1S/C17H17FN4O2/c18-12-4-2-1-3-10(12)15(23)13-5-6-14(24-13)22-8-7-11-16(19)20-9-21-17(11)22/h1-4,7-9,13-15,23H,5-6H2,(H2,19,20,21). The quantitative estimate of drug-likeness (QED) is 0.772. The van der Waals surface area contributed by atoms with Gasteiger partial charge in [-0.15, -0.1) is 0 Å². The molecule has 3 heterocycles. The lowest BCUT2D eigenvalue weighted by atomic mass is 10.0. The third-order valence-electron chi connectivity index (χ3n) is 4.46. The molecule has 7 heteroatoms. The van der Waals surface area contributed by atoms with Crippen LogP contribution in [0.15, 0.2) is 42.9 Å². The Balaban J connectivity index is 1.58. The van der Waals surface area contributed by atoms with E-state index in [9.17, 15) is 9.50 Å². The molecule has 1 fully saturated rings. The van der Waals surface area contributed by atoms with Crippen molar-refractivity contribution in [2.45, 2.75) is 31.3 Å². The van der Waals surface area contributed by atoms with Crippen molar-refractivity contribution in [3.63, 3.8) is 0 Å². The second-order valence-electron chi connectivity index (χ2n) is 5.89. The molecule has 2 aromatic heterocycles. The minimum Gasteiger partial charge on any atom is -0.386 e. The van der Waals surface area contributed by atoms with E-state index in [2.05, 4.69) is 9.97 Å². The number of nitrogens with two attached hydrogens (primary N) is 1. The largest absolute Gasteiger partial charge is 0.386 e. The highest BCUT2D eigenvalue weighted by molar-refractivity contribution is 5.86. The second kappa shape index (κ2) is 5.85. The first-order valence-electron chi connectivity index (χ1n) is 7.80. The van der Waals surface area contributed by atoms with E-state index >= 15 is 0 Å². The Kier molecular flexibility index (Phi) is 3.66. The molecule has 0 saturated carbocycles. The fourth-order valence-corrected chi connectivity index (χ4v) is 3.22. The van der Waals surface area contributed by atoms with Gasteiger partial charge in [-0.25, -0.2) is 14.4 Å². The van der Waals surface area contributed by atoms with Crippen LogP contribution in [0.25, 0.3) is 11.0 Å². The zero-order chi connectivity index (χ0) is 16.7. The van der Waals surface area contributed by atoms with Crippen molar-refractivity contribution < 1.29 is 14.2 Å².